The molecule has 0 saturated heterocycles. The van der Waals surface area contributed by atoms with E-state index < -0.39 is 0 Å². The summed E-state index contributed by atoms with van der Waals surface area (Å²) < 4.78 is 0.936. The first kappa shape index (κ1) is 18.8. The number of amides is 1. The quantitative estimate of drug-likeness (QED) is 0.470. The number of rotatable bonds is 5. The van der Waals surface area contributed by atoms with E-state index in [1.807, 2.05) is 40.6 Å². The number of thiazole rings is 1. The summed E-state index contributed by atoms with van der Waals surface area (Å²) in [6.45, 7) is 0.749. The molecule has 4 rings (SSSR count). The van der Waals surface area contributed by atoms with Crippen molar-refractivity contribution in [3.05, 3.63) is 74.7 Å². The predicted molar refractivity (Wildman–Crippen MR) is 114 cm³/mol. The maximum absolute atomic E-state index is 12.7. The SMILES string of the molecule is O=C(Cc1csc(SCc2ccc(Cl)cc2Cl)n1)N1CCc2ccccc21. The van der Waals surface area contributed by atoms with E-state index in [-0.39, 0.29) is 5.91 Å². The van der Waals surface area contributed by atoms with Crippen molar-refractivity contribution in [2.75, 3.05) is 11.4 Å². The molecule has 0 N–H and O–H groups in total. The van der Waals surface area contributed by atoms with Crippen LogP contribution >= 0.6 is 46.3 Å². The van der Waals surface area contributed by atoms with Crippen LogP contribution in [0.5, 0.6) is 0 Å². The molecule has 0 atom stereocenters. The lowest BCUT2D eigenvalue weighted by molar-refractivity contribution is -0.117. The monoisotopic (exact) mass is 434 g/mol. The van der Waals surface area contributed by atoms with Crippen LogP contribution in [0.15, 0.2) is 52.2 Å². The molecule has 2 heterocycles. The van der Waals surface area contributed by atoms with E-state index in [0.29, 0.717) is 16.5 Å². The second kappa shape index (κ2) is 8.23. The van der Waals surface area contributed by atoms with E-state index >= 15 is 0 Å². The molecule has 1 aliphatic heterocycles. The van der Waals surface area contributed by atoms with Gasteiger partial charge in [0, 0.05) is 33.4 Å². The van der Waals surface area contributed by atoms with Crippen molar-refractivity contribution in [3.63, 3.8) is 0 Å². The molecule has 1 aliphatic rings. The Balaban J connectivity index is 1.38. The van der Waals surface area contributed by atoms with Gasteiger partial charge in [-0.25, -0.2) is 4.98 Å². The number of hydrogen-bond acceptors (Lipinski definition) is 4. The van der Waals surface area contributed by atoms with E-state index in [2.05, 4.69) is 11.1 Å². The molecule has 2 aromatic carbocycles. The Morgan fingerprint density at radius 1 is 1.22 bits per heavy atom. The highest BCUT2D eigenvalue weighted by molar-refractivity contribution is 8.00. The average Bonchev–Trinajstić information content (AvgIpc) is 3.27. The lowest BCUT2D eigenvalue weighted by Crippen LogP contribution is -2.30. The molecule has 3 aromatic rings. The first-order valence-electron chi connectivity index (χ1n) is 8.49. The molecule has 0 radical (unpaired) electrons. The standard InChI is InChI=1S/C20H16Cl2N2OS2/c21-15-6-5-14(17(22)9-15)11-26-20-23-16(12-27-20)10-19(25)24-8-7-13-3-1-2-4-18(13)24/h1-6,9,12H,7-8,10-11H2. The maximum atomic E-state index is 12.7. The van der Waals surface area contributed by atoms with Crippen molar-refractivity contribution in [1.29, 1.82) is 0 Å². The molecule has 0 bridgehead atoms. The normalized spacial score (nSPS) is 13.0. The Labute approximate surface area is 176 Å². The van der Waals surface area contributed by atoms with E-state index in [1.165, 1.54) is 5.56 Å². The molecular weight excluding hydrogens is 419 g/mol. The number of carbonyl (C=O) groups excluding carboxylic acids is 1. The molecule has 1 amide bonds. The summed E-state index contributed by atoms with van der Waals surface area (Å²) in [7, 11) is 0. The molecule has 0 spiro atoms. The van der Waals surface area contributed by atoms with Gasteiger partial charge in [0.1, 0.15) is 4.34 Å². The number of fused-ring (bicyclic) bond motifs is 1. The Kier molecular flexibility index (Phi) is 5.74. The highest BCUT2D eigenvalue weighted by Gasteiger charge is 2.24. The van der Waals surface area contributed by atoms with Gasteiger partial charge in [-0.15, -0.1) is 11.3 Å². The summed E-state index contributed by atoms with van der Waals surface area (Å²) in [6.07, 6.45) is 1.25. The van der Waals surface area contributed by atoms with Crippen molar-refractivity contribution in [2.24, 2.45) is 0 Å². The molecule has 27 heavy (non-hydrogen) atoms. The summed E-state index contributed by atoms with van der Waals surface area (Å²) >= 11 is 15.3. The van der Waals surface area contributed by atoms with E-state index in [0.717, 1.165) is 40.0 Å². The maximum Gasteiger partial charge on any atom is 0.233 e. The number of halogens is 2. The number of nitrogens with zero attached hydrogens (tertiary/aromatic N) is 2. The Hall–Kier alpha value is -1.53. The fraction of sp³-hybridized carbons (Fsp3) is 0.200. The van der Waals surface area contributed by atoms with Gasteiger partial charge in [-0.3, -0.25) is 4.79 Å². The number of anilines is 1. The van der Waals surface area contributed by atoms with Crippen molar-refractivity contribution in [2.45, 2.75) is 22.9 Å². The highest BCUT2D eigenvalue weighted by Crippen LogP contribution is 2.31. The van der Waals surface area contributed by atoms with Crippen LogP contribution in [0.2, 0.25) is 10.0 Å². The van der Waals surface area contributed by atoms with Crippen molar-refractivity contribution < 1.29 is 4.79 Å². The van der Waals surface area contributed by atoms with Crippen molar-refractivity contribution >= 4 is 57.9 Å². The molecule has 0 fully saturated rings. The molecule has 1 aromatic heterocycles. The third-order valence-electron chi connectivity index (χ3n) is 4.42. The topological polar surface area (TPSA) is 33.2 Å². The van der Waals surface area contributed by atoms with Crippen LogP contribution in [0.1, 0.15) is 16.8 Å². The van der Waals surface area contributed by atoms with Gasteiger partial charge in [0.15, 0.2) is 0 Å². The van der Waals surface area contributed by atoms with Gasteiger partial charge in [-0.2, -0.15) is 0 Å². The minimum atomic E-state index is 0.0996. The first-order chi connectivity index (χ1) is 13.1. The lowest BCUT2D eigenvalue weighted by Gasteiger charge is -2.16. The summed E-state index contributed by atoms with van der Waals surface area (Å²) in [5.41, 5.74) is 4.11. The van der Waals surface area contributed by atoms with Gasteiger partial charge in [0.2, 0.25) is 5.91 Å². The van der Waals surface area contributed by atoms with Gasteiger partial charge in [-0.05, 0) is 35.7 Å². The van der Waals surface area contributed by atoms with Crippen LogP contribution in [0, 0.1) is 0 Å². The fourth-order valence-electron chi connectivity index (χ4n) is 3.06. The second-order valence-corrected chi connectivity index (χ2v) is 9.15. The number of para-hydroxylation sites is 1. The Morgan fingerprint density at radius 2 is 2.07 bits per heavy atom. The number of carbonyl (C=O) groups is 1. The number of thioether (sulfide) groups is 1. The zero-order valence-electron chi connectivity index (χ0n) is 14.3. The summed E-state index contributed by atoms with van der Waals surface area (Å²) in [5.74, 6) is 0.818. The first-order valence-corrected chi connectivity index (χ1v) is 11.1. The molecule has 0 unspecified atom stereocenters. The smallest absolute Gasteiger partial charge is 0.233 e. The van der Waals surface area contributed by atoms with Crippen molar-refractivity contribution in [1.82, 2.24) is 4.98 Å². The molecule has 0 aliphatic carbocycles. The molecular formula is C20H16Cl2N2OS2. The highest BCUT2D eigenvalue weighted by atomic mass is 35.5. The molecule has 3 nitrogen and oxygen atoms in total. The van der Waals surface area contributed by atoms with E-state index in [9.17, 15) is 4.79 Å². The van der Waals surface area contributed by atoms with Crippen LogP contribution < -0.4 is 4.90 Å². The van der Waals surface area contributed by atoms with Crippen molar-refractivity contribution in [3.8, 4) is 0 Å². The minimum absolute atomic E-state index is 0.0996. The molecule has 0 saturated carbocycles. The van der Waals surface area contributed by atoms with Gasteiger partial charge >= 0.3 is 0 Å². The fourth-order valence-corrected chi connectivity index (χ4v) is 5.46. The van der Waals surface area contributed by atoms with Crippen LogP contribution in [0.3, 0.4) is 0 Å². The molecule has 7 heteroatoms. The summed E-state index contributed by atoms with van der Waals surface area (Å²) in [6, 6.07) is 13.6. The predicted octanol–water partition coefficient (Wildman–Crippen LogP) is 5.87. The van der Waals surface area contributed by atoms with Crippen LogP contribution in [-0.4, -0.2) is 17.4 Å². The van der Waals surface area contributed by atoms with Gasteiger partial charge in [0.05, 0.1) is 12.1 Å². The number of aromatic nitrogens is 1. The lowest BCUT2D eigenvalue weighted by atomic mass is 10.2. The van der Waals surface area contributed by atoms with E-state index in [4.69, 9.17) is 23.2 Å². The van der Waals surface area contributed by atoms with E-state index in [1.54, 1.807) is 29.2 Å². The van der Waals surface area contributed by atoms with Crippen LogP contribution in [0.25, 0.3) is 0 Å². The van der Waals surface area contributed by atoms with Gasteiger partial charge in [-0.1, -0.05) is 59.2 Å². The Bertz CT molecular complexity index is 990. The van der Waals surface area contributed by atoms with Crippen LogP contribution in [0.4, 0.5) is 5.69 Å². The van der Waals surface area contributed by atoms with Gasteiger partial charge in [0.25, 0.3) is 0 Å². The third-order valence-corrected chi connectivity index (χ3v) is 7.12. The zero-order valence-corrected chi connectivity index (χ0v) is 17.5. The molecule has 138 valence electrons. The zero-order chi connectivity index (χ0) is 18.8. The largest absolute Gasteiger partial charge is 0.311 e. The minimum Gasteiger partial charge on any atom is -0.311 e. The second-order valence-electron chi connectivity index (χ2n) is 6.23. The summed E-state index contributed by atoms with van der Waals surface area (Å²) in [4.78, 5) is 19.2. The third kappa shape index (κ3) is 4.32. The summed E-state index contributed by atoms with van der Waals surface area (Å²) in [5, 5.41) is 3.26. The number of benzene rings is 2. The van der Waals surface area contributed by atoms with Crippen LogP contribution in [-0.2, 0) is 23.4 Å². The Morgan fingerprint density at radius 3 is 2.93 bits per heavy atom. The van der Waals surface area contributed by atoms with Gasteiger partial charge < -0.3 is 4.90 Å². The average molecular weight is 435 g/mol. The number of hydrogen-bond donors (Lipinski definition) is 0.